The van der Waals surface area contributed by atoms with Gasteiger partial charge in [-0.2, -0.15) is 0 Å². The van der Waals surface area contributed by atoms with Gasteiger partial charge in [0, 0.05) is 36.8 Å². The van der Waals surface area contributed by atoms with Crippen molar-refractivity contribution in [3.05, 3.63) is 47.1 Å². The summed E-state index contributed by atoms with van der Waals surface area (Å²) in [7, 11) is 0. The minimum atomic E-state index is -0.0944. The summed E-state index contributed by atoms with van der Waals surface area (Å²) in [5, 5.41) is 9.34. The van der Waals surface area contributed by atoms with E-state index < -0.39 is 0 Å². The van der Waals surface area contributed by atoms with E-state index in [1.807, 2.05) is 12.3 Å². The molecule has 0 fully saturated rings. The molecule has 3 heterocycles. The number of amides is 1. The Kier molecular flexibility index (Phi) is 4.72. The van der Waals surface area contributed by atoms with Crippen molar-refractivity contribution in [1.29, 1.82) is 0 Å². The molecule has 23 heavy (non-hydrogen) atoms. The van der Waals surface area contributed by atoms with E-state index in [1.165, 1.54) is 11.3 Å². The largest absolute Gasteiger partial charge is 0.361 e. The molecular weight excluding hydrogens is 314 g/mol. The van der Waals surface area contributed by atoms with Crippen LogP contribution in [0.1, 0.15) is 17.1 Å². The van der Waals surface area contributed by atoms with Crippen LogP contribution in [0.3, 0.4) is 0 Å². The molecule has 0 unspecified atom stereocenters. The van der Waals surface area contributed by atoms with Gasteiger partial charge >= 0.3 is 0 Å². The number of nitrogens with zero attached hydrogens (tertiary/aromatic N) is 4. The predicted octanol–water partition coefficient (Wildman–Crippen LogP) is 1.80. The lowest BCUT2D eigenvalue weighted by Gasteiger charge is -2.01. The molecule has 1 amide bonds. The first-order valence-corrected chi connectivity index (χ1v) is 7.99. The summed E-state index contributed by atoms with van der Waals surface area (Å²) in [5.41, 5.74) is 1.68. The Bertz CT molecular complexity index is 784. The molecule has 3 aromatic heterocycles. The van der Waals surface area contributed by atoms with Gasteiger partial charge in [-0.15, -0.1) is 11.3 Å². The lowest BCUT2D eigenvalue weighted by Crippen LogP contribution is -2.27. The predicted molar refractivity (Wildman–Crippen MR) is 84.8 cm³/mol. The van der Waals surface area contributed by atoms with Crippen LogP contribution in [-0.4, -0.2) is 32.6 Å². The average Bonchev–Trinajstić information content (AvgIpc) is 3.17. The smallest absolute Gasteiger partial charge is 0.227 e. The van der Waals surface area contributed by atoms with Gasteiger partial charge in [-0.25, -0.2) is 15.0 Å². The lowest BCUT2D eigenvalue weighted by atomic mass is 10.3. The molecule has 0 saturated heterocycles. The molecule has 0 bridgehead atoms. The maximum atomic E-state index is 11.8. The number of nitrogens with one attached hydrogen (secondary N) is 1. The van der Waals surface area contributed by atoms with E-state index >= 15 is 0 Å². The van der Waals surface area contributed by atoms with Crippen molar-refractivity contribution in [2.45, 2.75) is 19.8 Å². The summed E-state index contributed by atoms with van der Waals surface area (Å²) in [6.45, 7) is 2.34. The fraction of sp³-hybridized carbons (Fsp3) is 0.267. The van der Waals surface area contributed by atoms with E-state index in [2.05, 4.69) is 25.4 Å². The number of hydrogen-bond donors (Lipinski definition) is 1. The maximum Gasteiger partial charge on any atom is 0.227 e. The summed E-state index contributed by atoms with van der Waals surface area (Å²) in [5.74, 6) is 1.09. The highest BCUT2D eigenvalue weighted by atomic mass is 32.1. The summed E-state index contributed by atoms with van der Waals surface area (Å²) >= 11 is 1.49. The first-order valence-electron chi connectivity index (χ1n) is 7.11. The summed E-state index contributed by atoms with van der Waals surface area (Å²) in [4.78, 5) is 24.6. The zero-order valence-corrected chi connectivity index (χ0v) is 13.3. The minimum Gasteiger partial charge on any atom is -0.361 e. The first-order chi connectivity index (χ1) is 11.2. The highest BCUT2D eigenvalue weighted by Crippen LogP contribution is 2.19. The van der Waals surface area contributed by atoms with Gasteiger partial charge in [0.2, 0.25) is 5.91 Å². The van der Waals surface area contributed by atoms with E-state index in [1.54, 1.807) is 24.5 Å². The summed E-state index contributed by atoms with van der Waals surface area (Å²) in [6.07, 6.45) is 4.23. The van der Waals surface area contributed by atoms with Crippen molar-refractivity contribution >= 4 is 17.2 Å². The summed E-state index contributed by atoms with van der Waals surface area (Å²) in [6, 6.07) is 3.52. The summed E-state index contributed by atoms with van der Waals surface area (Å²) < 4.78 is 5.02. The number of carbonyl (C=O) groups excluding carboxylic acids is 1. The Morgan fingerprint density at radius 1 is 1.35 bits per heavy atom. The van der Waals surface area contributed by atoms with E-state index in [-0.39, 0.29) is 12.3 Å². The standard InChI is InChI=1S/C15H15N5O2S/c1-10-7-12(22-20-10)8-13(21)16-6-3-11-9-23-15(19-11)14-17-4-2-5-18-14/h2,4-5,7,9H,3,6,8H2,1H3,(H,16,21). The first kappa shape index (κ1) is 15.3. The van der Waals surface area contributed by atoms with Gasteiger partial charge in [-0.05, 0) is 13.0 Å². The number of rotatable bonds is 6. The van der Waals surface area contributed by atoms with Crippen molar-refractivity contribution in [2.75, 3.05) is 6.54 Å². The number of aryl methyl sites for hydroxylation is 1. The molecule has 1 N–H and O–H groups in total. The van der Waals surface area contributed by atoms with E-state index in [9.17, 15) is 4.79 Å². The number of hydrogen-bond acceptors (Lipinski definition) is 7. The lowest BCUT2D eigenvalue weighted by molar-refractivity contribution is -0.120. The molecule has 0 atom stereocenters. The molecule has 0 radical (unpaired) electrons. The third kappa shape index (κ3) is 4.19. The SMILES string of the molecule is Cc1cc(CC(=O)NCCc2csc(-c3ncccn3)n2)on1. The second kappa shape index (κ2) is 7.10. The molecule has 8 heteroatoms. The van der Waals surface area contributed by atoms with Gasteiger partial charge in [0.1, 0.15) is 5.76 Å². The van der Waals surface area contributed by atoms with E-state index in [0.717, 1.165) is 16.4 Å². The Morgan fingerprint density at radius 3 is 2.91 bits per heavy atom. The van der Waals surface area contributed by atoms with Crippen LogP contribution in [-0.2, 0) is 17.6 Å². The molecule has 0 saturated carbocycles. The molecule has 7 nitrogen and oxygen atoms in total. The average molecular weight is 329 g/mol. The highest BCUT2D eigenvalue weighted by molar-refractivity contribution is 7.13. The molecule has 0 aliphatic heterocycles. The third-order valence-corrected chi connectivity index (χ3v) is 3.91. The number of carbonyl (C=O) groups is 1. The van der Waals surface area contributed by atoms with Gasteiger partial charge in [-0.3, -0.25) is 4.79 Å². The van der Waals surface area contributed by atoms with Crippen LogP contribution in [0.2, 0.25) is 0 Å². The van der Waals surface area contributed by atoms with Crippen molar-refractivity contribution in [3.63, 3.8) is 0 Å². The van der Waals surface area contributed by atoms with Crippen LogP contribution in [0, 0.1) is 6.92 Å². The van der Waals surface area contributed by atoms with Gasteiger partial charge in [-0.1, -0.05) is 5.16 Å². The van der Waals surface area contributed by atoms with Gasteiger partial charge in [0.25, 0.3) is 0 Å². The van der Waals surface area contributed by atoms with E-state index in [4.69, 9.17) is 4.52 Å². The zero-order valence-electron chi connectivity index (χ0n) is 12.5. The molecule has 0 aliphatic rings. The Balaban J connectivity index is 1.47. The van der Waals surface area contributed by atoms with Crippen molar-refractivity contribution < 1.29 is 9.32 Å². The second-order valence-electron chi connectivity index (χ2n) is 4.93. The van der Waals surface area contributed by atoms with Crippen LogP contribution in [0.5, 0.6) is 0 Å². The number of thiazole rings is 1. The zero-order chi connectivity index (χ0) is 16.1. The fourth-order valence-electron chi connectivity index (χ4n) is 1.98. The Labute approximate surface area is 136 Å². The number of aromatic nitrogens is 4. The van der Waals surface area contributed by atoms with E-state index in [0.29, 0.717) is 24.6 Å². The van der Waals surface area contributed by atoms with Crippen molar-refractivity contribution in [3.8, 4) is 10.8 Å². The topological polar surface area (TPSA) is 93.8 Å². The third-order valence-electron chi connectivity index (χ3n) is 3.02. The molecule has 118 valence electrons. The molecule has 0 aliphatic carbocycles. The van der Waals surface area contributed by atoms with Crippen molar-refractivity contribution in [1.82, 2.24) is 25.4 Å². The quantitative estimate of drug-likeness (QED) is 0.741. The Morgan fingerprint density at radius 2 is 2.17 bits per heavy atom. The maximum absolute atomic E-state index is 11.8. The monoisotopic (exact) mass is 329 g/mol. The minimum absolute atomic E-state index is 0.0944. The Hall–Kier alpha value is -2.61. The molecule has 3 aromatic rings. The molecule has 0 aromatic carbocycles. The van der Waals surface area contributed by atoms with Crippen LogP contribution in [0.4, 0.5) is 0 Å². The second-order valence-corrected chi connectivity index (χ2v) is 5.79. The molecule has 0 spiro atoms. The van der Waals surface area contributed by atoms with Crippen LogP contribution >= 0.6 is 11.3 Å². The van der Waals surface area contributed by atoms with Crippen LogP contribution in [0.25, 0.3) is 10.8 Å². The fourth-order valence-corrected chi connectivity index (χ4v) is 2.78. The van der Waals surface area contributed by atoms with Gasteiger partial charge in [0.15, 0.2) is 10.8 Å². The van der Waals surface area contributed by atoms with Crippen LogP contribution < -0.4 is 5.32 Å². The van der Waals surface area contributed by atoms with Gasteiger partial charge < -0.3 is 9.84 Å². The van der Waals surface area contributed by atoms with Crippen LogP contribution in [0.15, 0.2) is 34.4 Å². The normalized spacial score (nSPS) is 10.7. The molecule has 3 rings (SSSR count). The van der Waals surface area contributed by atoms with Gasteiger partial charge in [0.05, 0.1) is 17.8 Å². The molecular formula is C15H15N5O2S. The highest BCUT2D eigenvalue weighted by Gasteiger charge is 2.09. The van der Waals surface area contributed by atoms with Crippen molar-refractivity contribution in [2.24, 2.45) is 0 Å².